The molecule has 0 saturated heterocycles. The summed E-state index contributed by atoms with van der Waals surface area (Å²) in [5.74, 6) is 1.54. The van der Waals surface area contributed by atoms with Gasteiger partial charge in [0.15, 0.2) is 0 Å². The lowest BCUT2D eigenvalue weighted by Gasteiger charge is -2.14. The SMILES string of the molecule is CN(C)c1cccc(OCCC2CCCC2=O)c1. The van der Waals surface area contributed by atoms with Gasteiger partial charge in [0.05, 0.1) is 6.61 Å². The number of carbonyl (C=O) groups excluding carboxylic acids is 1. The van der Waals surface area contributed by atoms with Gasteiger partial charge in [0.1, 0.15) is 11.5 Å². The zero-order valence-electron chi connectivity index (χ0n) is 11.2. The van der Waals surface area contributed by atoms with Gasteiger partial charge in [-0.15, -0.1) is 0 Å². The second-order valence-corrected chi connectivity index (χ2v) is 5.08. The van der Waals surface area contributed by atoms with E-state index in [0.717, 1.165) is 37.1 Å². The number of ketones is 1. The van der Waals surface area contributed by atoms with Crippen LogP contribution in [-0.4, -0.2) is 26.5 Å². The van der Waals surface area contributed by atoms with E-state index in [4.69, 9.17) is 4.74 Å². The zero-order chi connectivity index (χ0) is 13.0. The minimum absolute atomic E-state index is 0.238. The monoisotopic (exact) mass is 247 g/mol. The van der Waals surface area contributed by atoms with Gasteiger partial charge < -0.3 is 9.64 Å². The first-order valence-electron chi connectivity index (χ1n) is 6.60. The van der Waals surface area contributed by atoms with Gasteiger partial charge in [0.25, 0.3) is 0 Å². The third-order valence-corrected chi connectivity index (χ3v) is 3.50. The second kappa shape index (κ2) is 5.89. The minimum Gasteiger partial charge on any atom is -0.493 e. The Labute approximate surface area is 109 Å². The molecule has 1 aromatic rings. The molecule has 1 aromatic carbocycles. The fourth-order valence-electron chi connectivity index (χ4n) is 2.36. The molecule has 0 amide bonds. The molecular formula is C15H21NO2. The van der Waals surface area contributed by atoms with Crippen LogP contribution in [0.5, 0.6) is 5.75 Å². The van der Waals surface area contributed by atoms with Crippen LogP contribution in [0.15, 0.2) is 24.3 Å². The predicted octanol–water partition coefficient (Wildman–Crippen LogP) is 2.89. The first-order valence-corrected chi connectivity index (χ1v) is 6.60. The average molecular weight is 247 g/mol. The molecule has 18 heavy (non-hydrogen) atoms. The van der Waals surface area contributed by atoms with Crippen molar-refractivity contribution >= 4 is 11.5 Å². The van der Waals surface area contributed by atoms with Crippen molar-refractivity contribution in [1.29, 1.82) is 0 Å². The molecule has 3 heteroatoms. The highest BCUT2D eigenvalue weighted by atomic mass is 16.5. The van der Waals surface area contributed by atoms with Crippen LogP contribution in [0.1, 0.15) is 25.7 Å². The van der Waals surface area contributed by atoms with E-state index in [-0.39, 0.29) is 5.92 Å². The number of hydrogen-bond donors (Lipinski definition) is 0. The molecule has 1 aliphatic carbocycles. The number of benzene rings is 1. The highest BCUT2D eigenvalue weighted by Gasteiger charge is 2.23. The normalized spacial score (nSPS) is 19.0. The van der Waals surface area contributed by atoms with Gasteiger partial charge in [-0.1, -0.05) is 6.07 Å². The van der Waals surface area contributed by atoms with Crippen LogP contribution in [0.4, 0.5) is 5.69 Å². The summed E-state index contributed by atoms with van der Waals surface area (Å²) in [5, 5.41) is 0. The van der Waals surface area contributed by atoms with Gasteiger partial charge in [0.2, 0.25) is 0 Å². The van der Waals surface area contributed by atoms with Gasteiger partial charge in [-0.2, -0.15) is 0 Å². The Hall–Kier alpha value is -1.51. The maximum absolute atomic E-state index is 11.5. The summed E-state index contributed by atoms with van der Waals surface area (Å²) in [7, 11) is 4.02. The molecule has 3 nitrogen and oxygen atoms in total. The number of carbonyl (C=O) groups is 1. The highest BCUT2D eigenvalue weighted by Crippen LogP contribution is 2.25. The van der Waals surface area contributed by atoms with Crippen molar-refractivity contribution < 1.29 is 9.53 Å². The van der Waals surface area contributed by atoms with E-state index in [0.29, 0.717) is 12.4 Å². The van der Waals surface area contributed by atoms with E-state index in [9.17, 15) is 4.79 Å². The lowest BCUT2D eigenvalue weighted by Crippen LogP contribution is -2.11. The number of anilines is 1. The van der Waals surface area contributed by atoms with E-state index in [1.807, 2.05) is 43.3 Å². The van der Waals surface area contributed by atoms with Crippen LogP contribution < -0.4 is 9.64 Å². The first kappa shape index (κ1) is 12.9. The lowest BCUT2D eigenvalue weighted by molar-refractivity contribution is -0.121. The standard InChI is InChI=1S/C15H21NO2/c1-16(2)13-6-4-7-14(11-13)18-10-9-12-5-3-8-15(12)17/h4,6-7,11-12H,3,5,8-10H2,1-2H3. The molecule has 1 saturated carbocycles. The largest absolute Gasteiger partial charge is 0.493 e. The van der Waals surface area contributed by atoms with E-state index in [1.54, 1.807) is 0 Å². The van der Waals surface area contributed by atoms with Crippen LogP contribution in [0.2, 0.25) is 0 Å². The van der Waals surface area contributed by atoms with Crippen LogP contribution in [0, 0.1) is 5.92 Å². The summed E-state index contributed by atoms with van der Waals surface area (Å²) in [6, 6.07) is 8.03. The molecule has 1 unspecified atom stereocenters. The summed E-state index contributed by atoms with van der Waals surface area (Å²) in [6.45, 7) is 0.632. The van der Waals surface area contributed by atoms with Gasteiger partial charge in [-0.3, -0.25) is 4.79 Å². The number of Topliss-reactive ketones (excluding diaryl/α,β-unsaturated/α-hetero) is 1. The van der Waals surface area contributed by atoms with Crippen LogP contribution in [-0.2, 0) is 4.79 Å². The number of ether oxygens (including phenoxy) is 1. The molecule has 0 bridgehead atoms. The lowest BCUT2D eigenvalue weighted by atomic mass is 10.0. The third kappa shape index (κ3) is 3.25. The first-order chi connectivity index (χ1) is 8.66. The molecule has 1 atom stereocenters. The highest BCUT2D eigenvalue weighted by molar-refractivity contribution is 5.82. The Bertz CT molecular complexity index is 415. The molecule has 0 radical (unpaired) electrons. The van der Waals surface area contributed by atoms with Crippen molar-refractivity contribution in [3.63, 3.8) is 0 Å². The molecule has 0 aromatic heterocycles. The summed E-state index contributed by atoms with van der Waals surface area (Å²) in [6.07, 6.45) is 3.71. The number of hydrogen-bond acceptors (Lipinski definition) is 3. The van der Waals surface area contributed by atoms with Gasteiger partial charge in [-0.05, 0) is 31.4 Å². The van der Waals surface area contributed by atoms with Crippen molar-refractivity contribution in [3.8, 4) is 5.75 Å². The van der Waals surface area contributed by atoms with Crippen molar-refractivity contribution in [2.75, 3.05) is 25.6 Å². The van der Waals surface area contributed by atoms with Crippen molar-refractivity contribution in [2.45, 2.75) is 25.7 Å². The van der Waals surface area contributed by atoms with Crippen LogP contribution in [0.25, 0.3) is 0 Å². The second-order valence-electron chi connectivity index (χ2n) is 5.08. The Morgan fingerprint density at radius 3 is 2.89 bits per heavy atom. The molecule has 1 fully saturated rings. The summed E-state index contributed by atoms with van der Waals surface area (Å²) in [4.78, 5) is 13.5. The fourth-order valence-corrected chi connectivity index (χ4v) is 2.36. The maximum Gasteiger partial charge on any atom is 0.136 e. The predicted molar refractivity (Wildman–Crippen MR) is 73.2 cm³/mol. The van der Waals surface area contributed by atoms with E-state index in [1.165, 1.54) is 0 Å². The molecule has 0 aliphatic heterocycles. The number of rotatable bonds is 5. The topological polar surface area (TPSA) is 29.5 Å². The molecule has 1 aliphatic rings. The summed E-state index contributed by atoms with van der Waals surface area (Å²) < 4.78 is 5.73. The Kier molecular flexibility index (Phi) is 4.24. The third-order valence-electron chi connectivity index (χ3n) is 3.50. The Balaban J connectivity index is 1.82. The quantitative estimate of drug-likeness (QED) is 0.801. The Morgan fingerprint density at radius 1 is 1.39 bits per heavy atom. The van der Waals surface area contributed by atoms with Crippen molar-refractivity contribution in [2.24, 2.45) is 5.92 Å². The molecular weight excluding hydrogens is 226 g/mol. The van der Waals surface area contributed by atoms with E-state index in [2.05, 4.69) is 0 Å². The average Bonchev–Trinajstić information content (AvgIpc) is 2.76. The summed E-state index contributed by atoms with van der Waals surface area (Å²) in [5.41, 5.74) is 1.13. The molecule has 0 N–H and O–H groups in total. The van der Waals surface area contributed by atoms with Crippen molar-refractivity contribution in [3.05, 3.63) is 24.3 Å². The zero-order valence-corrected chi connectivity index (χ0v) is 11.2. The molecule has 0 spiro atoms. The van der Waals surface area contributed by atoms with Gasteiger partial charge in [0, 0.05) is 38.2 Å². The minimum atomic E-state index is 0.238. The van der Waals surface area contributed by atoms with Crippen molar-refractivity contribution in [1.82, 2.24) is 0 Å². The smallest absolute Gasteiger partial charge is 0.136 e. The fraction of sp³-hybridized carbons (Fsp3) is 0.533. The molecule has 98 valence electrons. The van der Waals surface area contributed by atoms with E-state index >= 15 is 0 Å². The van der Waals surface area contributed by atoms with Gasteiger partial charge in [-0.25, -0.2) is 0 Å². The molecule has 2 rings (SSSR count). The Morgan fingerprint density at radius 2 is 2.22 bits per heavy atom. The van der Waals surface area contributed by atoms with Gasteiger partial charge >= 0.3 is 0 Å². The summed E-state index contributed by atoms with van der Waals surface area (Å²) >= 11 is 0. The maximum atomic E-state index is 11.5. The molecule has 0 heterocycles. The van der Waals surface area contributed by atoms with Crippen LogP contribution in [0.3, 0.4) is 0 Å². The van der Waals surface area contributed by atoms with E-state index < -0.39 is 0 Å². The van der Waals surface area contributed by atoms with Crippen LogP contribution >= 0.6 is 0 Å². The number of nitrogens with zero attached hydrogens (tertiary/aromatic N) is 1.